The average Bonchev–Trinajstić information content (AvgIpc) is 3.17. The monoisotopic (exact) mass is 393 g/mol. The van der Waals surface area contributed by atoms with Crippen molar-refractivity contribution in [3.05, 3.63) is 51.2 Å². The third-order valence-electron chi connectivity index (χ3n) is 4.77. The van der Waals surface area contributed by atoms with Crippen LogP contribution >= 0.6 is 22.9 Å². The number of rotatable bonds is 6. The van der Waals surface area contributed by atoms with Gasteiger partial charge in [-0.3, -0.25) is 9.69 Å². The van der Waals surface area contributed by atoms with Gasteiger partial charge in [0.2, 0.25) is 0 Å². The summed E-state index contributed by atoms with van der Waals surface area (Å²) in [7, 11) is 3.70. The summed E-state index contributed by atoms with van der Waals surface area (Å²) in [5.41, 5.74) is 1.71. The van der Waals surface area contributed by atoms with Crippen LogP contribution in [0, 0.1) is 0 Å². The number of amides is 1. The summed E-state index contributed by atoms with van der Waals surface area (Å²) >= 11 is 7.73. The highest BCUT2D eigenvalue weighted by atomic mass is 35.5. The van der Waals surface area contributed by atoms with Gasteiger partial charge in [0, 0.05) is 37.7 Å². The van der Waals surface area contributed by atoms with Crippen molar-refractivity contribution >= 4 is 28.8 Å². The van der Waals surface area contributed by atoms with Gasteiger partial charge in [-0.1, -0.05) is 11.6 Å². The van der Waals surface area contributed by atoms with Gasteiger partial charge in [-0.2, -0.15) is 11.3 Å². The Hall–Kier alpha value is -1.60. The molecule has 0 bridgehead atoms. The first-order valence-corrected chi connectivity index (χ1v) is 9.97. The normalized spacial score (nSPS) is 17.0. The van der Waals surface area contributed by atoms with Crippen LogP contribution in [0.5, 0.6) is 5.75 Å². The molecule has 0 radical (unpaired) electrons. The molecule has 1 atom stereocenters. The van der Waals surface area contributed by atoms with Crippen molar-refractivity contribution < 1.29 is 9.53 Å². The SMILES string of the molecule is COc1ccc(Cl)cc1C(=O)NC[C@H](c1ccsc1)N1CCN(C)CC1. The van der Waals surface area contributed by atoms with Crippen LogP contribution in [0.25, 0.3) is 0 Å². The van der Waals surface area contributed by atoms with Crippen LogP contribution in [-0.2, 0) is 0 Å². The molecule has 0 aliphatic carbocycles. The Morgan fingerprint density at radius 3 is 2.73 bits per heavy atom. The maximum absolute atomic E-state index is 12.7. The van der Waals surface area contributed by atoms with Crippen LogP contribution in [0.3, 0.4) is 0 Å². The molecule has 1 aliphatic rings. The molecule has 1 amide bonds. The molecule has 1 aromatic heterocycles. The molecule has 1 N–H and O–H groups in total. The third kappa shape index (κ3) is 4.57. The van der Waals surface area contributed by atoms with E-state index in [0.717, 1.165) is 26.2 Å². The molecule has 1 aromatic carbocycles. The van der Waals surface area contributed by atoms with Crippen LogP contribution in [0.4, 0.5) is 0 Å². The van der Waals surface area contributed by atoms with Gasteiger partial charge in [-0.15, -0.1) is 0 Å². The van der Waals surface area contributed by atoms with E-state index >= 15 is 0 Å². The standard InChI is InChI=1S/C19H24ClN3O2S/c1-22-6-8-23(9-7-22)17(14-5-10-26-13-14)12-21-19(24)16-11-15(20)3-4-18(16)25-2/h3-5,10-11,13,17H,6-9,12H2,1-2H3,(H,21,24)/t17-/m1/s1. The second kappa shape index (κ2) is 8.86. The molecule has 2 aromatic rings. The van der Waals surface area contributed by atoms with Gasteiger partial charge in [-0.25, -0.2) is 0 Å². The molecule has 3 rings (SSSR count). The van der Waals surface area contributed by atoms with Gasteiger partial charge >= 0.3 is 0 Å². The molecule has 1 fully saturated rings. The van der Waals surface area contributed by atoms with E-state index in [1.165, 1.54) is 5.56 Å². The lowest BCUT2D eigenvalue weighted by atomic mass is 10.1. The van der Waals surface area contributed by atoms with Gasteiger partial charge in [-0.05, 0) is 47.6 Å². The summed E-state index contributed by atoms with van der Waals surface area (Å²) in [4.78, 5) is 17.5. The van der Waals surface area contributed by atoms with E-state index < -0.39 is 0 Å². The third-order valence-corrected chi connectivity index (χ3v) is 5.71. The number of likely N-dealkylation sites (N-methyl/N-ethyl adjacent to an activating group) is 1. The fourth-order valence-corrected chi connectivity index (χ4v) is 4.08. The van der Waals surface area contributed by atoms with Gasteiger partial charge < -0.3 is 15.0 Å². The van der Waals surface area contributed by atoms with E-state index in [0.29, 0.717) is 22.9 Å². The van der Waals surface area contributed by atoms with Crippen LogP contribution in [0.2, 0.25) is 5.02 Å². The lowest BCUT2D eigenvalue weighted by Crippen LogP contribution is -2.48. The maximum atomic E-state index is 12.7. The van der Waals surface area contributed by atoms with Crippen LogP contribution < -0.4 is 10.1 Å². The topological polar surface area (TPSA) is 44.8 Å². The van der Waals surface area contributed by atoms with Crippen LogP contribution in [0.1, 0.15) is 22.0 Å². The number of carbonyl (C=O) groups is 1. The van der Waals surface area contributed by atoms with E-state index in [9.17, 15) is 4.79 Å². The Bertz CT molecular complexity index is 730. The van der Waals surface area contributed by atoms with Gasteiger partial charge in [0.25, 0.3) is 5.91 Å². The molecule has 7 heteroatoms. The minimum Gasteiger partial charge on any atom is -0.496 e. The number of piperazine rings is 1. The number of nitrogens with one attached hydrogen (secondary N) is 1. The van der Waals surface area contributed by atoms with Crippen molar-refractivity contribution in [3.8, 4) is 5.75 Å². The molecule has 140 valence electrons. The van der Waals surface area contributed by atoms with E-state index in [1.54, 1.807) is 36.6 Å². The summed E-state index contributed by atoms with van der Waals surface area (Å²) in [6.45, 7) is 4.61. The molecule has 26 heavy (non-hydrogen) atoms. The number of hydrogen-bond acceptors (Lipinski definition) is 5. The van der Waals surface area contributed by atoms with E-state index in [2.05, 4.69) is 39.0 Å². The smallest absolute Gasteiger partial charge is 0.255 e. The minimum atomic E-state index is -0.168. The highest BCUT2D eigenvalue weighted by Gasteiger charge is 2.25. The average molecular weight is 394 g/mol. The zero-order valence-electron chi connectivity index (χ0n) is 15.1. The highest BCUT2D eigenvalue weighted by molar-refractivity contribution is 7.07. The van der Waals surface area contributed by atoms with E-state index in [-0.39, 0.29) is 11.9 Å². The summed E-state index contributed by atoms with van der Waals surface area (Å²) in [6.07, 6.45) is 0. The van der Waals surface area contributed by atoms with E-state index in [1.807, 2.05) is 0 Å². The Morgan fingerprint density at radius 1 is 1.31 bits per heavy atom. The molecule has 1 saturated heterocycles. The van der Waals surface area contributed by atoms with Crippen molar-refractivity contribution in [2.75, 3.05) is 46.9 Å². The summed E-state index contributed by atoms with van der Waals surface area (Å²) in [6, 6.07) is 7.39. The first kappa shape index (κ1) is 19.2. The zero-order chi connectivity index (χ0) is 18.5. The second-order valence-electron chi connectivity index (χ2n) is 6.47. The molecule has 0 saturated carbocycles. The first-order chi connectivity index (χ1) is 12.6. The van der Waals surface area contributed by atoms with Gasteiger partial charge in [0.1, 0.15) is 5.75 Å². The van der Waals surface area contributed by atoms with Crippen LogP contribution in [0.15, 0.2) is 35.0 Å². The Morgan fingerprint density at radius 2 is 2.08 bits per heavy atom. The van der Waals surface area contributed by atoms with Crippen molar-refractivity contribution in [3.63, 3.8) is 0 Å². The van der Waals surface area contributed by atoms with Crippen LogP contribution in [-0.4, -0.2) is 62.6 Å². The first-order valence-electron chi connectivity index (χ1n) is 8.65. The fraction of sp³-hybridized carbons (Fsp3) is 0.421. The number of methoxy groups -OCH3 is 1. The number of benzene rings is 1. The molecule has 1 aliphatic heterocycles. The summed E-state index contributed by atoms with van der Waals surface area (Å²) in [5, 5.41) is 7.83. The largest absolute Gasteiger partial charge is 0.496 e. The molecule has 0 unspecified atom stereocenters. The maximum Gasteiger partial charge on any atom is 0.255 e. The highest BCUT2D eigenvalue weighted by Crippen LogP contribution is 2.25. The molecule has 0 spiro atoms. The predicted molar refractivity (Wildman–Crippen MR) is 106 cm³/mol. The van der Waals surface area contributed by atoms with Crippen molar-refractivity contribution in [1.29, 1.82) is 0 Å². The van der Waals surface area contributed by atoms with Crippen molar-refractivity contribution in [1.82, 2.24) is 15.1 Å². The quantitative estimate of drug-likeness (QED) is 0.819. The van der Waals surface area contributed by atoms with Gasteiger partial charge in [0.15, 0.2) is 0 Å². The minimum absolute atomic E-state index is 0.168. The molecule has 2 heterocycles. The number of thiophene rings is 1. The number of nitrogens with zero attached hydrogens (tertiary/aromatic N) is 2. The molecular formula is C19H24ClN3O2S. The van der Waals surface area contributed by atoms with E-state index in [4.69, 9.17) is 16.3 Å². The predicted octanol–water partition coefficient (Wildman–Crippen LogP) is 3.13. The van der Waals surface area contributed by atoms with Crippen molar-refractivity contribution in [2.45, 2.75) is 6.04 Å². The zero-order valence-corrected chi connectivity index (χ0v) is 16.6. The molecule has 5 nitrogen and oxygen atoms in total. The lowest BCUT2D eigenvalue weighted by Gasteiger charge is -2.38. The Labute approximate surface area is 163 Å². The number of halogens is 1. The Kier molecular flexibility index (Phi) is 6.53. The second-order valence-corrected chi connectivity index (χ2v) is 7.68. The lowest BCUT2D eigenvalue weighted by molar-refractivity contribution is 0.0884. The fourth-order valence-electron chi connectivity index (χ4n) is 3.20. The Balaban J connectivity index is 1.72. The van der Waals surface area contributed by atoms with Crippen molar-refractivity contribution in [2.24, 2.45) is 0 Å². The molecular weight excluding hydrogens is 370 g/mol. The summed E-state index contributed by atoms with van der Waals surface area (Å²) < 4.78 is 5.29. The number of ether oxygens (including phenoxy) is 1. The number of carbonyl (C=O) groups excluding carboxylic acids is 1. The number of hydrogen-bond donors (Lipinski definition) is 1. The summed E-state index contributed by atoms with van der Waals surface area (Å²) in [5.74, 6) is 0.359. The van der Waals surface area contributed by atoms with Gasteiger partial charge in [0.05, 0.1) is 18.7 Å².